The van der Waals surface area contributed by atoms with E-state index < -0.39 is 9.84 Å². The Labute approximate surface area is 133 Å². The number of rotatable bonds is 4. The fourth-order valence-corrected chi connectivity index (χ4v) is 4.74. The van der Waals surface area contributed by atoms with Gasteiger partial charge in [0.05, 0.1) is 5.25 Å². The van der Waals surface area contributed by atoms with Crippen LogP contribution in [0.4, 0.5) is 0 Å². The molecule has 0 radical (unpaired) electrons. The first-order valence-electron chi connectivity index (χ1n) is 7.61. The fraction of sp³-hybridized carbons (Fsp3) is 0.929. The van der Waals surface area contributed by atoms with Gasteiger partial charge in [0.15, 0.2) is 0 Å². The Morgan fingerprint density at radius 2 is 1.76 bits per heavy atom. The number of sulfone groups is 1. The largest absolute Gasteiger partial charge is 0.353 e. The lowest BCUT2D eigenvalue weighted by molar-refractivity contribution is -0.126. The predicted molar refractivity (Wildman–Crippen MR) is 86.2 cm³/mol. The summed E-state index contributed by atoms with van der Waals surface area (Å²) in [6, 6.07) is 0.138. The molecule has 2 saturated carbocycles. The van der Waals surface area contributed by atoms with E-state index in [1.54, 1.807) is 0 Å². The van der Waals surface area contributed by atoms with Crippen molar-refractivity contribution in [3.63, 3.8) is 0 Å². The van der Waals surface area contributed by atoms with Crippen molar-refractivity contribution >= 4 is 28.2 Å². The molecule has 2 fully saturated rings. The molecule has 0 heterocycles. The molecule has 0 aromatic rings. The van der Waals surface area contributed by atoms with Gasteiger partial charge in [-0.05, 0) is 51.0 Å². The first-order valence-corrected chi connectivity index (χ1v) is 9.56. The van der Waals surface area contributed by atoms with Crippen LogP contribution in [0.15, 0.2) is 0 Å². The molecule has 7 heteroatoms. The van der Waals surface area contributed by atoms with Gasteiger partial charge in [0.2, 0.25) is 5.91 Å². The summed E-state index contributed by atoms with van der Waals surface area (Å²) in [6.45, 7) is 0.582. The maximum atomic E-state index is 12.3. The number of hydrogen-bond acceptors (Lipinski definition) is 4. The van der Waals surface area contributed by atoms with Crippen molar-refractivity contribution in [3.8, 4) is 0 Å². The smallest absolute Gasteiger partial charge is 0.223 e. The monoisotopic (exact) mass is 338 g/mol. The highest BCUT2D eigenvalue weighted by Gasteiger charge is 2.34. The van der Waals surface area contributed by atoms with E-state index in [1.165, 1.54) is 6.26 Å². The highest BCUT2D eigenvalue weighted by Crippen LogP contribution is 2.32. The fourth-order valence-electron chi connectivity index (χ4n) is 3.61. The van der Waals surface area contributed by atoms with Crippen LogP contribution in [0.25, 0.3) is 0 Å². The van der Waals surface area contributed by atoms with Gasteiger partial charge in [-0.25, -0.2) is 8.42 Å². The topological polar surface area (TPSA) is 89.3 Å². The molecule has 2 aliphatic carbocycles. The van der Waals surface area contributed by atoms with Crippen LogP contribution in [-0.4, -0.2) is 38.4 Å². The molecule has 2 rings (SSSR count). The van der Waals surface area contributed by atoms with E-state index in [0.29, 0.717) is 25.3 Å². The lowest BCUT2D eigenvalue weighted by Gasteiger charge is -2.29. The Hall–Kier alpha value is -0.330. The van der Waals surface area contributed by atoms with Crippen LogP contribution in [-0.2, 0) is 14.6 Å². The molecule has 2 aliphatic rings. The highest BCUT2D eigenvalue weighted by atomic mass is 35.5. The molecule has 21 heavy (non-hydrogen) atoms. The van der Waals surface area contributed by atoms with E-state index in [0.717, 1.165) is 32.1 Å². The van der Waals surface area contributed by atoms with Crippen molar-refractivity contribution in [2.24, 2.45) is 17.6 Å². The van der Waals surface area contributed by atoms with Crippen molar-refractivity contribution in [2.75, 3.05) is 12.8 Å². The van der Waals surface area contributed by atoms with Crippen LogP contribution in [0.3, 0.4) is 0 Å². The predicted octanol–water partition coefficient (Wildman–Crippen LogP) is 1.26. The Kier molecular flexibility index (Phi) is 6.94. The van der Waals surface area contributed by atoms with Crippen molar-refractivity contribution in [3.05, 3.63) is 0 Å². The molecule has 0 aromatic heterocycles. The highest BCUT2D eigenvalue weighted by molar-refractivity contribution is 7.91. The summed E-state index contributed by atoms with van der Waals surface area (Å²) >= 11 is 0. The third-order valence-electron chi connectivity index (χ3n) is 4.92. The van der Waals surface area contributed by atoms with Crippen molar-refractivity contribution in [2.45, 2.75) is 56.2 Å². The minimum Gasteiger partial charge on any atom is -0.353 e. The van der Waals surface area contributed by atoms with Gasteiger partial charge in [0.25, 0.3) is 0 Å². The Bertz CT molecular complexity index is 447. The number of carbonyl (C=O) groups excluding carboxylic acids is 1. The molecule has 5 nitrogen and oxygen atoms in total. The molecule has 1 amide bonds. The second kappa shape index (κ2) is 7.79. The normalized spacial score (nSPS) is 33.2. The number of halogens is 1. The maximum absolute atomic E-state index is 12.3. The zero-order valence-electron chi connectivity index (χ0n) is 12.6. The van der Waals surface area contributed by atoms with E-state index >= 15 is 0 Å². The summed E-state index contributed by atoms with van der Waals surface area (Å²) in [6.07, 6.45) is 7.24. The van der Waals surface area contributed by atoms with Crippen LogP contribution >= 0.6 is 12.4 Å². The SMILES string of the molecule is CS(=O)(=O)C1CCC(NC(=O)[C@@H]2CCC[C@@H]2CN)CC1.Cl. The maximum Gasteiger partial charge on any atom is 0.223 e. The second-order valence-electron chi connectivity index (χ2n) is 6.34. The average Bonchev–Trinajstić information content (AvgIpc) is 2.86. The number of amides is 1. The van der Waals surface area contributed by atoms with Gasteiger partial charge in [-0.2, -0.15) is 0 Å². The minimum absolute atomic E-state index is 0. The number of nitrogens with one attached hydrogen (secondary N) is 1. The minimum atomic E-state index is -2.94. The lowest BCUT2D eigenvalue weighted by atomic mass is 9.92. The molecule has 0 spiro atoms. The van der Waals surface area contributed by atoms with Crippen molar-refractivity contribution in [1.82, 2.24) is 5.32 Å². The molecule has 124 valence electrons. The van der Waals surface area contributed by atoms with Crippen LogP contribution in [0, 0.1) is 11.8 Å². The number of nitrogens with two attached hydrogens (primary N) is 1. The molecule has 0 aliphatic heterocycles. The molecular weight excluding hydrogens is 312 g/mol. The first kappa shape index (κ1) is 18.7. The van der Waals surface area contributed by atoms with E-state index in [-0.39, 0.29) is 35.5 Å². The van der Waals surface area contributed by atoms with Gasteiger partial charge < -0.3 is 11.1 Å². The molecule has 0 saturated heterocycles. The Morgan fingerprint density at radius 3 is 2.29 bits per heavy atom. The summed E-state index contributed by atoms with van der Waals surface area (Å²) in [5, 5.41) is 2.88. The third-order valence-corrected chi connectivity index (χ3v) is 6.61. The van der Waals surface area contributed by atoms with Crippen LogP contribution < -0.4 is 11.1 Å². The summed E-state index contributed by atoms with van der Waals surface area (Å²) in [7, 11) is -2.94. The number of carbonyl (C=O) groups is 1. The molecule has 0 unspecified atom stereocenters. The standard InChI is InChI=1S/C14H26N2O3S.ClH/c1-20(18,19)12-7-5-11(6-8-12)16-14(17)13-4-2-3-10(13)9-15;/h10-13H,2-9,15H2,1H3,(H,16,17);1H/t10-,11?,12?,13-;/m1./s1. The van der Waals surface area contributed by atoms with Gasteiger partial charge in [-0.15, -0.1) is 12.4 Å². The summed E-state index contributed by atoms with van der Waals surface area (Å²) in [5.74, 6) is 0.510. The van der Waals surface area contributed by atoms with Gasteiger partial charge in [-0.1, -0.05) is 6.42 Å². The third kappa shape index (κ3) is 4.83. The summed E-state index contributed by atoms with van der Waals surface area (Å²) in [5.41, 5.74) is 5.71. The first-order chi connectivity index (χ1) is 9.41. The van der Waals surface area contributed by atoms with Gasteiger partial charge >= 0.3 is 0 Å². The van der Waals surface area contributed by atoms with E-state index in [9.17, 15) is 13.2 Å². The van der Waals surface area contributed by atoms with E-state index in [1.807, 2.05) is 0 Å². The van der Waals surface area contributed by atoms with Crippen LogP contribution in [0.2, 0.25) is 0 Å². The van der Waals surface area contributed by atoms with Gasteiger partial charge in [0.1, 0.15) is 9.84 Å². The summed E-state index contributed by atoms with van der Waals surface area (Å²) < 4.78 is 23.0. The van der Waals surface area contributed by atoms with Crippen molar-refractivity contribution in [1.29, 1.82) is 0 Å². The number of hydrogen-bond donors (Lipinski definition) is 2. The van der Waals surface area contributed by atoms with E-state index in [4.69, 9.17) is 5.73 Å². The second-order valence-corrected chi connectivity index (χ2v) is 8.67. The summed E-state index contributed by atoms with van der Waals surface area (Å²) in [4.78, 5) is 12.3. The zero-order valence-corrected chi connectivity index (χ0v) is 14.2. The zero-order chi connectivity index (χ0) is 14.8. The Morgan fingerprint density at radius 1 is 1.14 bits per heavy atom. The van der Waals surface area contributed by atoms with Crippen LogP contribution in [0.1, 0.15) is 44.9 Å². The molecular formula is C14H27ClN2O3S. The van der Waals surface area contributed by atoms with Crippen LogP contribution in [0.5, 0.6) is 0 Å². The van der Waals surface area contributed by atoms with E-state index in [2.05, 4.69) is 5.32 Å². The van der Waals surface area contributed by atoms with Gasteiger partial charge in [-0.3, -0.25) is 4.79 Å². The quantitative estimate of drug-likeness (QED) is 0.807. The van der Waals surface area contributed by atoms with Gasteiger partial charge in [0, 0.05) is 18.2 Å². The molecule has 3 N–H and O–H groups in total. The lowest BCUT2D eigenvalue weighted by Crippen LogP contribution is -2.44. The average molecular weight is 339 g/mol. The Balaban J connectivity index is 0.00000220. The molecule has 0 bridgehead atoms. The van der Waals surface area contributed by atoms with Crippen molar-refractivity contribution < 1.29 is 13.2 Å². The molecule has 0 aromatic carbocycles. The molecule has 2 atom stereocenters.